The third-order valence-corrected chi connectivity index (χ3v) is 6.79. The predicted octanol–water partition coefficient (Wildman–Crippen LogP) is 3.12. The highest BCUT2D eigenvalue weighted by atomic mass is 35.5. The number of fused-ring (bicyclic) bond motifs is 3. The van der Waals surface area contributed by atoms with Crippen molar-refractivity contribution in [3.63, 3.8) is 0 Å². The number of aromatic nitrogens is 2. The topological polar surface area (TPSA) is 74.5 Å². The van der Waals surface area contributed by atoms with E-state index in [-0.39, 0.29) is 48.5 Å². The van der Waals surface area contributed by atoms with Crippen LogP contribution in [0.3, 0.4) is 0 Å². The lowest BCUT2D eigenvalue weighted by atomic mass is 9.79. The Kier molecular flexibility index (Phi) is 8.33. The molecule has 0 radical (unpaired) electrons. The molecule has 7 nitrogen and oxygen atoms in total. The maximum absolute atomic E-state index is 12.6. The van der Waals surface area contributed by atoms with E-state index >= 15 is 0 Å². The van der Waals surface area contributed by atoms with Crippen LogP contribution in [0.15, 0.2) is 34.9 Å². The highest BCUT2D eigenvalue weighted by Gasteiger charge is 2.38. The number of carbonyl (C=O) groups is 1. The number of rotatable bonds is 5. The number of hydrogen-bond acceptors (Lipinski definition) is 6. The molecule has 2 bridgehead atoms. The van der Waals surface area contributed by atoms with Gasteiger partial charge in [0, 0.05) is 32.2 Å². The number of carbonyl (C=O) groups excluding carboxylic acids is 1. The molecule has 0 spiro atoms. The van der Waals surface area contributed by atoms with Crippen molar-refractivity contribution >= 4 is 30.7 Å². The van der Waals surface area contributed by atoms with Crippen LogP contribution in [-0.2, 0) is 6.54 Å². The van der Waals surface area contributed by atoms with Crippen molar-refractivity contribution in [3.05, 3.63) is 47.6 Å². The van der Waals surface area contributed by atoms with E-state index < -0.39 is 0 Å². The summed E-state index contributed by atoms with van der Waals surface area (Å²) in [5.74, 6) is 1.52. The lowest BCUT2D eigenvalue weighted by molar-refractivity contribution is 0.0727. The van der Waals surface area contributed by atoms with E-state index in [0.29, 0.717) is 11.8 Å². The second-order valence-corrected chi connectivity index (χ2v) is 8.71. The van der Waals surface area contributed by atoms with Crippen LogP contribution in [0.25, 0.3) is 0 Å². The number of benzene rings is 1. The summed E-state index contributed by atoms with van der Waals surface area (Å²) in [6, 6.07) is 10.7. The van der Waals surface area contributed by atoms with E-state index in [2.05, 4.69) is 49.5 Å². The molecule has 1 aromatic carbocycles. The van der Waals surface area contributed by atoms with Gasteiger partial charge in [0.1, 0.15) is 0 Å². The number of piperidine rings is 4. The third-order valence-electron chi connectivity index (χ3n) is 6.79. The quantitative estimate of drug-likeness (QED) is 0.727. The molecule has 4 fully saturated rings. The summed E-state index contributed by atoms with van der Waals surface area (Å²) in [5.41, 5.74) is 1.34. The molecule has 1 unspecified atom stereocenters. The number of likely N-dealkylation sites (tertiary alicyclic amines) is 1. The standard InChI is InChI=1S/C22H29N5O2.2ClH/c28-21(20-24-22(29-25-20)19-15-27-10-6-17(19)7-11-27)23-18-8-12-26(13-9-18)14-16-4-2-1-3-5-16;;/h1-5,17-19H,6-15H2,(H,23,28);2*1H. The van der Waals surface area contributed by atoms with Crippen molar-refractivity contribution < 1.29 is 9.32 Å². The summed E-state index contributed by atoms with van der Waals surface area (Å²) >= 11 is 0. The van der Waals surface area contributed by atoms with Gasteiger partial charge in [-0.25, -0.2) is 0 Å². The van der Waals surface area contributed by atoms with Gasteiger partial charge in [-0.15, -0.1) is 24.8 Å². The molecule has 0 aliphatic carbocycles. The van der Waals surface area contributed by atoms with E-state index in [1.807, 2.05) is 6.07 Å². The van der Waals surface area contributed by atoms with Crippen molar-refractivity contribution in [3.8, 4) is 0 Å². The Morgan fingerprint density at radius 2 is 1.74 bits per heavy atom. The molecule has 4 aliphatic rings. The zero-order valence-electron chi connectivity index (χ0n) is 17.6. The molecule has 4 saturated heterocycles. The van der Waals surface area contributed by atoms with Gasteiger partial charge >= 0.3 is 0 Å². The van der Waals surface area contributed by atoms with Crippen LogP contribution in [0, 0.1) is 5.92 Å². The Morgan fingerprint density at radius 1 is 1.03 bits per heavy atom. The van der Waals surface area contributed by atoms with E-state index in [9.17, 15) is 4.79 Å². The Labute approximate surface area is 195 Å². The van der Waals surface area contributed by atoms with Crippen LogP contribution >= 0.6 is 24.8 Å². The lowest BCUT2D eigenvalue weighted by Gasteiger charge is -2.43. The van der Waals surface area contributed by atoms with Gasteiger partial charge in [-0.1, -0.05) is 35.5 Å². The first-order chi connectivity index (χ1) is 14.2. The molecule has 2 aromatic rings. The van der Waals surface area contributed by atoms with Gasteiger partial charge in [0.15, 0.2) is 0 Å². The van der Waals surface area contributed by atoms with E-state index in [1.54, 1.807) is 0 Å². The molecule has 4 aliphatic heterocycles. The highest BCUT2D eigenvalue weighted by Crippen LogP contribution is 2.38. The van der Waals surface area contributed by atoms with Crippen LogP contribution in [0.1, 0.15) is 53.7 Å². The summed E-state index contributed by atoms with van der Waals surface area (Å²) in [5, 5.41) is 7.09. The van der Waals surface area contributed by atoms with Gasteiger partial charge in [-0.3, -0.25) is 9.69 Å². The first-order valence-electron chi connectivity index (χ1n) is 10.9. The number of amides is 1. The van der Waals surface area contributed by atoms with E-state index in [4.69, 9.17) is 4.52 Å². The minimum Gasteiger partial charge on any atom is -0.346 e. The van der Waals surface area contributed by atoms with Gasteiger partial charge in [-0.2, -0.15) is 4.98 Å². The molecule has 6 rings (SSSR count). The Balaban J connectivity index is 0.00000136. The summed E-state index contributed by atoms with van der Waals surface area (Å²) < 4.78 is 5.49. The maximum atomic E-state index is 12.6. The summed E-state index contributed by atoms with van der Waals surface area (Å²) in [6.45, 7) is 6.26. The lowest BCUT2D eigenvalue weighted by Crippen LogP contribution is -2.46. The molecule has 170 valence electrons. The summed E-state index contributed by atoms with van der Waals surface area (Å²) in [4.78, 5) is 22.0. The Hall–Kier alpha value is -1.67. The molecular formula is C22H31Cl2N5O2. The normalized spacial score (nSPS) is 26.0. The van der Waals surface area contributed by atoms with Gasteiger partial charge in [0.2, 0.25) is 5.89 Å². The number of nitrogens with one attached hydrogen (secondary N) is 1. The monoisotopic (exact) mass is 467 g/mol. The third kappa shape index (κ3) is 5.58. The van der Waals surface area contributed by atoms with Crippen molar-refractivity contribution in [2.45, 2.75) is 44.2 Å². The Bertz CT molecular complexity index is 833. The first kappa shape index (κ1) is 24.0. The van der Waals surface area contributed by atoms with Crippen molar-refractivity contribution in [2.75, 3.05) is 32.7 Å². The molecular weight excluding hydrogens is 437 g/mol. The van der Waals surface area contributed by atoms with Gasteiger partial charge < -0.3 is 14.7 Å². The first-order valence-corrected chi connectivity index (χ1v) is 10.9. The van der Waals surface area contributed by atoms with Gasteiger partial charge in [0.05, 0.1) is 5.92 Å². The van der Waals surface area contributed by atoms with Crippen LogP contribution in [0.5, 0.6) is 0 Å². The second-order valence-electron chi connectivity index (χ2n) is 8.71. The average molecular weight is 468 g/mol. The molecule has 5 heterocycles. The molecule has 1 N–H and O–H groups in total. The number of halogens is 2. The minimum atomic E-state index is -0.206. The average Bonchev–Trinajstić information content (AvgIpc) is 3.27. The van der Waals surface area contributed by atoms with E-state index in [0.717, 1.165) is 39.0 Å². The van der Waals surface area contributed by atoms with E-state index in [1.165, 1.54) is 31.5 Å². The molecule has 9 heteroatoms. The van der Waals surface area contributed by atoms with Crippen LogP contribution in [0.4, 0.5) is 0 Å². The van der Waals surface area contributed by atoms with Crippen LogP contribution in [-0.4, -0.2) is 64.6 Å². The second kappa shape index (κ2) is 10.8. The predicted molar refractivity (Wildman–Crippen MR) is 123 cm³/mol. The number of nitrogens with zero attached hydrogens (tertiary/aromatic N) is 4. The van der Waals surface area contributed by atoms with Crippen molar-refractivity contribution in [1.82, 2.24) is 25.3 Å². The zero-order valence-corrected chi connectivity index (χ0v) is 19.2. The fourth-order valence-electron chi connectivity index (χ4n) is 5.05. The molecule has 1 atom stereocenters. The zero-order chi connectivity index (χ0) is 19.6. The largest absolute Gasteiger partial charge is 0.346 e. The number of hydrogen-bond donors (Lipinski definition) is 1. The summed E-state index contributed by atoms with van der Waals surface area (Å²) in [7, 11) is 0. The maximum Gasteiger partial charge on any atom is 0.292 e. The summed E-state index contributed by atoms with van der Waals surface area (Å²) in [6.07, 6.45) is 4.28. The fraction of sp³-hybridized carbons (Fsp3) is 0.591. The smallest absolute Gasteiger partial charge is 0.292 e. The molecule has 31 heavy (non-hydrogen) atoms. The van der Waals surface area contributed by atoms with Gasteiger partial charge in [0.25, 0.3) is 11.7 Å². The van der Waals surface area contributed by atoms with Crippen LogP contribution in [0.2, 0.25) is 0 Å². The molecule has 1 amide bonds. The Morgan fingerprint density at radius 3 is 2.39 bits per heavy atom. The van der Waals surface area contributed by atoms with Gasteiger partial charge in [-0.05, 0) is 50.3 Å². The molecule has 0 saturated carbocycles. The van der Waals surface area contributed by atoms with Crippen molar-refractivity contribution in [1.29, 1.82) is 0 Å². The van der Waals surface area contributed by atoms with Crippen molar-refractivity contribution in [2.24, 2.45) is 5.92 Å². The SMILES string of the molecule is Cl.Cl.O=C(NC1CCN(Cc2ccccc2)CC1)c1noc(C2CN3CCC2CC3)n1. The van der Waals surface area contributed by atoms with Crippen LogP contribution < -0.4 is 5.32 Å². The fourth-order valence-corrected chi connectivity index (χ4v) is 5.05. The molecule has 1 aromatic heterocycles. The minimum absolute atomic E-state index is 0. The highest BCUT2D eigenvalue weighted by molar-refractivity contribution is 5.90.